The molecule has 2 rings (SSSR count). The lowest BCUT2D eigenvalue weighted by atomic mass is 9.84. The van der Waals surface area contributed by atoms with E-state index in [1.54, 1.807) is 19.0 Å². The lowest BCUT2D eigenvalue weighted by molar-refractivity contribution is -0.123. The van der Waals surface area contributed by atoms with Crippen LogP contribution in [0, 0.1) is 12.8 Å². The Morgan fingerprint density at radius 2 is 1.76 bits per heavy atom. The van der Waals surface area contributed by atoms with Crippen LogP contribution < -0.4 is 0 Å². The van der Waals surface area contributed by atoms with E-state index in [0.717, 1.165) is 25.9 Å². The molecule has 1 aliphatic rings. The zero-order chi connectivity index (χ0) is 15.4. The largest absolute Gasteiger partial charge is 0.345 e. The summed E-state index contributed by atoms with van der Waals surface area (Å²) in [5, 5.41) is 0. The van der Waals surface area contributed by atoms with E-state index in [1.807, 2.05) is 6.08 Å². The number of benzene rings is 1. The Labute approximate surface area is 128 Å². The van der Waals surface area contributed by atoms with Crippen LogP contribution in [0.1, 0.15) is 24.0 Å². The quantitative estimate of drug-likeness (QED) is 0.798. The summed E-state index contributed by atoms with van der Waals surface area (Å²) in [6, 6.07) is 8.53. The average molecular weight is 286 g/mol. The predicted octanol–water partition coefficient (Wildman–Crippen LogP) is 2.81. The van der Waals surface area contributed by atoms with Crippen LogP contribution in [0.2, 0.25) is 0 Å². The van der Waals surface area contributed by atoms with Crippen molar-refractivity contribution in [1.82, 2.24) is 9.80 Å². The molecule has 1 heterocycles. The van der Waals surface area contributed by atoms with Crippen molar-refractivity contribution in [3.63, 3.8) is 0 Å². The Morgan fingerprint density at radius 1 is 1.19 bits per heavy atom. The molecule has 0 aromatic heterocycles. The monoisotopic (exact) mass is 286 g/mol. The van der Waals surface area contributed by atoms with Crippen LogP contribution in [-0.2, 0) is 4.79 Å². The van der Waals surface area contributed by atoms with E-state index >= 15 is 0 Å². The van der Waals surface area contributed by atoms with Crippen molar-refractivity contribution < 1.29 is 4.79 Å². The smallest absolute Gasteiger partial charge is 0.246 e. The molecule has 0 atom stereocenters. The van der Waals surface area contributed by atoms with Gasteiger partial charge in [-0.2, -0.15) is 0 Å². The Bertz CT molecular complexity index is 509. The van der Waals surface area contributed by atoms with Crippen LogP contribution in [-0.4, -0.2) is 49.9 Å². The van der Waals surface area contributed by atoms with Gasteiger partial charge >= 0.3 is 0 Å². The van der Waals surface area contributed by atoms with Crippen LogP contribution in [0.25, 0.3) is 5.57 Å². The molecule has 0 N–H and O–H groups in total. The number of rotatable bonds is 3. The number of likely N-dealkylation sites (N-methyl/N-ethyl adjacent to an activating group) is 1. The standard InChI is InChI=1S/C18H26N2O/c1-14-5-7-15(8-6-14)17(13-18(21)19(2)3)16-9-11-20(4)12-10-16/h5-8,13,16H,9-12H2,1-4H3/b17-13+. The third-order valence-corrected chi connectivity index (χ3v) is 4.26. The number of aryl methyl sites for hydroxylation is 1. The van der Waals surface area contributed by atoms with Crippen molar-refractivity contribution in [2.24, 2.45) is 5.92 Å². The van der Waals surface area contributed by atoms with Gasteiger partial charge < -0.3 is 9.80 Å². The molecule has 0 spiro atoms. The zero-order valence-corrected chi connectivity index (χ0v) is 13.6. The van der Waals surface area contributed by atoms with Gasteiger partial charge in [0.15, 0.2) is 0 Å². The van der Waals surface area contributed by atoms with Gasteiger partial charge in [0.25, 0.3) is 0 Å². The molecule has 1 fully saturated rings. The third kappa shape index (κ3) is 4.18. The fraction of sp³-hybridized carbons (Fsp3) is 0.500. The molecule has 0 aliphatic carbocycles. The number of likely N-dealkylation sites (tertiary alicyclic amines) is 1. The molecular formula is C18H26N2O. The fourth-order valence-electron chi connectivity index (χ4n) is 2.76. The fourth-order valence-corrected chi connectivity index (χ4v) is 2.76. The highest BCUT2D eigenvalue weighted by molar-refractivity contribution is 5.95. The van der Waals surface area contributed by atoms with Gasteiger partial charge in [-0.05, 0) is 57.0 Å². The summed E-state index contributed by atoms with van der Waals surface area (Å²) in [5.74, 6) is 0.553. The maximum Gasteiger partial charge on any atom is 0.246 e. The Balaban J connectivity index is 2.30. The summed E-state index contributed by atoms with van der Waals surface area (Å²) in [6.07, 6.45) is 4.08. The first kappa shape index (κ1) is 15.8. The SMILES string of the molecule is Cc1ccc(/C(=C\C(=O)N(C)C)C2CCN(C)CC2)cc1. The summed E-state index contributed by atoms with van der Waals surface area (Å²) in [7, 11) is 5.77. The highest BCUT2D eigenvalue weighted by Crippen LogP contribution is 2.31. The van der Waals surface area contributed by atoms with Crippen molar-refractivity contribution in [2.45, 2.75) is 19.8 Å². The Morgan fingerprint density at radius 3 is 2.29 bits per heavy atom. The van der Waals surface area contributed by atoms with Gasteiger partial charge in [0.1, 0.15) is 0 Å². The minimum atomic E-state index is 0.0736. The number of hydrogen-bond donors (Lipinski definition) is 0. The molecule has 0 radical (unpaired) electrons. The van der Waals surface area contributed by atoms with E-state index in [-0.39, 0.29) is 5.91 Å². The van der Waals surface area contributed by atoms with E-state index < -0.39 is 0 Å². The van der Waals surface area contributed by atoms with Crippen molar-refractivity contribution in [3.8, 4) is 0 Å². The number of carbonyl (C=O) groups is 1. The number of piperidine rings is 1. The van der Waals surface area contributed by atoms with Gasteiger partial charge in [-0.25, -0.2) is 0 Å². The minimum Gasteiger partial charge on any atom is -0.345 e. The first-order valence-corrected chi connectivity index (χ1v) is 7.66. The van der Waals surface area contributed by atoms with Crippen LogP contribution in [0.3, 0.4) is 0 Å². The maximum atomic E-state index is 12.1. The maximum absolute atomic E-state index is 12.1. The van der Waals surface area contributed by atoms with Crippen LogP contribution in [0.15, 0.2) is 30.3 Å². The first-order valence-electron chi connectivity index (χ1n) is 7.66. The molecule has 0 unspecified atom stereocenters. The molecule has 21 heavy (non-hydrogen) atoms. The summed E-state index contributed by atoms with van der Waals surface area (Å²) in [5.41, 5.74) is 3.63. The second-order valence-electron chi connectivity index (χ2n) is 6.28. The molecule has 1 aromatic rings. The van der Waals surface area contributed by atoms with E-state index in [2.05, 4.69) is 43.1 Å². The zero-order valence-electron chi connectivity index (χ0n) is 13.6. The topological polar surface area (TPSA) is 23.6 Å². The molecule has 1 aromatic carbocycles. The van der Waals surface area contributed by atoms with Gasteiger partial charge in [-0.15, -0.1) is 0 Å². The van der Waals surface area contributed by atoms with Gasteiger partial charge in [-0.3, -0.25) is 4.79 Å². The highest BCUT2D eigenvalue weighted by atomic mass is 16.2. The van der Waals surface area contributed by atoms with Gasteiger partial charge in [0.2, 0.25) is 5.91 Å². The number of carbonyl (C=O) groups excluding carboxylic acids is 1. The van der Waals surface area contributed by atoms with Gasteiger partial charge in [0, 0.05) is 20.2 Å². The molecule has 3 heteroatoms. The summed E-state index contributed by atoms with van der Waals surface area (Å²) < 4.78 is 0. The first-order chi connectivity index (χ1) is 9.97. The number of amides is 1. The van der Waals surface area contributed by atoms with E-state index in [0.29, 0.717) is 5.92 Å². The lowest BCUT2D eigenvalue weighted by Gasteiger charge is -2.31. The summed E-state index contributed by atoms with van der Waals surface area (Å²) in [6.45, 7) is 4.29. The lowest BCUT2D eigenvalue weighted by Crippen LogP contribution is -2.31. The van der Waals surface area contributed by atoms with Gasteiger partial charge in [-0.1, -0.05) is 29.8 Å². The normalized spacial score (nSPS) is 17.8. The number of nitrogens with zero attached hydrogens (tertiary/aromatic N) is 2. The van der Waals surface area contributed by atoms with E-state index in [4.69, 9.17) is 0 Å². The molecule has 0 saturated carbocycles. The van der Waals surface area contributed by atoms with Crippen LogP contribution in [0.5, 0.6) is 0 Å². The second kappa shape index (κ2) is 6.90. The second-order valence-corrected chi connectivity index (χ2v) is 6.28. The minimum absolute atomic E-state index is 0.0736. The molecule has 1 aliphatic heterocycles. The third-order valence-electron chi connectivity index (χ3n) is 4.26. The van der Waals surface area contributed by atoms with E-state index in [9.17, 15) is 4.79 Å². The number of allylic oxidation sites excluding steroid dienone is 1. The van der Waals surface area contributed by atoms with Gasteiger partial charge in [0.05, 0.1) is 0 Å². The predicted molar refractivity (Wildman–Crippen MR) is 88.1 cm³/mol. The van der Waals surface area contributed by atoms with Crippen molar-refractivity contribution in [3.05, 3.63) is 41.5 Å². The molecule has 114 valence electrons. The highest BCUT2D eigenvalue weighted by Gasteiger charge is 2.22. The molecular weight excluding hydrogens is 260 g/mol. The Kier molecular flexibility index (Phi) is 5.18. The van der Waals surface area contributed by atoms with Crippen LogP contribution in [0.4, 0.5) is 0 Å². The van der Waals surface area contributed by atoms with E-state index in [1.165, 1.54) is 16.7 Å². The van der Waals surface area contributed by atoms with Crippen molar-refractivity contribution in [2.75, 3.05) is 34.2 Å². The molecule has 0 bridgehead atoms. The molecule has 1 saturated heterocycles. The summed E-state index contributed by atoms with van der Waals surface area (Å²) >= 11 is 0. The Hall–Kier alpha value is -1.61. The van der Waals surface area contributed by atoms with Crippen molar-refractivity contribution >= 4 is 11.5 Å². The van der Waals surface area contributed by atoms with Crippen LogP contribution >= 0.6 is 0 Å². The number of hydrogen-bond acceptors (Lipinski definition) is 2. The van der Waals surface area contributed by atoms with Crippen molar-refractivity contribution in [1.29, 1.82) is 0 Å². The molecule has 1 amide bonds. The average Bonchev–Trinajstić information content (AvgIpc) is 2.46. The molecule has 3 nitrogen and oxygen atoms in total. The summed E-state index contributed by atoms with van der Waals surface area (Å²) in [4.78, 5) is 16.1.